The summed E-state index contributed by atoms with van der Waals surface area (Å²) < 4.78 is 2.39. The SMILES string of the molecule is C=C(C)CCC(C(C)=C=O)C(C)CC(C)(N)c1ccc2c(c1)c1cc(C(=C)C3=c4ccccc4=C(CC)C=CC3)ccc1n2CC. The van der Waals surface area contributed by atoms with E-state index in [1.165, 1.54) is 43.4 Å². The van der Waals surface area contributed by atoms with Crippen molar-refractivity contribution >= 4 is 44.5 Å². The van der Waals surface area contributed by atoms with Gasteiger partial charge in [0.05, 0.1) is 0 Å². The van der Waals surface area contributed by atoms with Crippen molar-refractivity contribution in [2.75, 3.05) is 0 Å². The number of fused-ring (bicyclic) bond motifs is 4. The van der Waals surface area contributed by atoms with Crippen molar-refractivity contribution in [3.8, 4) is 0 Å². The molecule has 3 heteroatoms. The molecular weight excluding hydrogens is 560 g/mol. The molecular formula is C43H50N2O. The van der Waals surface area contributed by atoms with Gasteiger partial charge in [-0.1, -0.05) is 74.5 Å². The summed E-state index contributed by atoms with van der Waals surface area (Å²) in [6.07, 6.45) is 8.96. The molecule has 238 valence electrons. The van der Waals surface area contributed by atoms with Crippen LogP contribution in [-0.4, -0.2) is 10.5 Å². The number of carbonyl (C=O) groups excluding carboxylic acids is 1. The smallest absolute Gasteiger partial charge is 0.123 e. The van der Waals surface area contributed by atoms with Gasteiger partial charge in [0.15, 0.2) is 0 Å². The first-order chi connectivity index (χ1) is 22.0. The Morgan fingerprint density at radius 1 is 1.00 bits per heavy atom. The first-order valence-electron chi connectivity index (χ1n) is 16.9. The number of benzene rings is 3. The third-order valence-corrected chi connectivity index (χ3v) is 10.2. The molecule has 0 radical (unpaired) electrons. The van der Waals surface area contributed by atoms with E-state index < -0.39 is 5.54 Å². The molecule has 46 heavy (non-hydrogen) atoms. The monoisotopic (exact) mass is 610 g/mol. The Labute approximate surface area is 275 Å². The molecule has 1 heterocycles. The van der Waals surface area contributed by atoms with Crippen LogP contribution in [0.4, 0.5) is 0 Å². The normalized spacial score (nSPS) is 15.6. The number of nitrogens with two attached hydrogens (primary N) is 1. The fourth-order valence-corrected chi connectivity index (χ4v) is 7.64. The van der Waals surface area contributed by atoms with E-state index in [0.717, 1.165) is 66.5 Å². The standard InChI is InChI=1S/C43H50N2O/c1-9-32-14-13-17-36(38-16-12-11-15-37(32)38)31(7)33-19-22-41-39(24-33)40-25-34(20-23-42(40)45(41)10-2)43(8,44)26-29(5)35(30(6)27-46)21-18-28(3)4/h11-16,19-20,22-25,29,35H,3,7,9-10,17-18,21,26,44H2,1-2,4-6,8H3. The van der Waals surface area contributed by atoms with Crippen LogP contribution in [0.5, 0.6) is 0 Å². The highest BCUT2D eigenvalue weighted by molar-refractivity contribution is 6.10. The molecule has 1 aliphatic rings. The van der Waals surface area contributed by atoms with Gasteiger partial charge >= 0.3 is 0 Å². The molecule has 3 nitrogen and oxygen atoms in total. The van der Waals surface area contributed by atoms with Crippen LogP contribution in [-0.2, 0) is 16.9 Å². The molecule has 0 amide bonds. The largest absolute Gasteiger partial charge is 0.341 e. The molecule has 0 spiro atoms. The summed E-state index contributed by atoms with van der Waals surface area (Å²) in [5.74, 6) is 2.53. The van der Waals surface area contributed by atoms with Crippen LogP contribution in [0.25, 0.3) is 38.5 Å². The van der Waals surface area contributed by atoms with Gasteiger partial charge in [0, 0.05) is 39.5 Å². The van der Waals surface area contributed by atoms with E-state index in [1.54, 1.807) is 0 Å². The zero-order valence-corrected chi connectivity index (χ0v) is 28.7. The van der Waals surface area contributed by atoms with Crippen LogP contribution in [0.1, 0.15) is 84.8 Å². The molecule has 0 saturated carbocycles. The van der Waals surface area contributed by atoms with Crippen LogP contribution in [0.2, 0.25) is 0 Å². The Kier molecular flexibility index (Phi) is 9.87. The number of allylic oxidation sites excluding steroid dienone is 5. The first-order valence-corrected chi connectivity index (χ1v) is 16.9. The molecule has 3 unspecified atom stereocenters. The van der Waals surface area contributed by atoms with Crippen LogP contribution >= 0.6 is 0 Å². The number of aryl methyl sites for hydroxylation is 1. The van der Waals surface area contributed by atoms with Gasteiger partial charge in [0.2, 0.25) is 0 Å². The number of hydrogen-bond donors (Lipinski definition) is 1. The average molecular weight is 611 g/mol. The molecule has 4 aromatic rings. The fraction of sp³-hybridized carbons (Fsp3) is 0.349. The van der Waals surface area contributed by atoms with Crippen molar-refractivity contribution < 1.29 is 4.79 Å². The third kappa shape index (κ3) is 6.41. The topological polar surface area (TPSA) is 48.0 Å². The Bertz CT molecular complexity index is 2030. The second-order valence-electron chi connectivity index (χ2n) is 13.7. The van der Waals surface area contributed by atoms with E-state index in [0.29, 0.717) is 0 Å². The van der Waals surface area contributed by atoms with Crippen molar-refractivity contribution in [1.82, 2.24) is 4.57 Å². The molecule has 0 saturated heterocycles. The number of rotatable bonds is 12. The lowest BCUT2D eigenvalue weighted by molar-refractivity contribution is 0.287. The Hall–Kier alpha value is -4.17. The van der Waals surface area contributed by atoms with Crippen LogP contribution < -0.4 is 16.2 Å². The van der Waals surface area contributed by atoms with Gasteiger partial charge in [-0.05, 0) is 134 Å². The van der Waals surface area contributed by atoms with E-state index in [2.05, 4.69) is 124 Å². The highest BCUT2D eigenvalue weighted by Gasteiger charge is 2.30. The molecule has 0 bridgehead atoms. The van der Waals surface area contributed by atoms with Crippen molar-refractivity contribution in [1.29, 1.82) is 0 Å². The molecule has 3 aromatic carbocycles. The second-order valence-corrected chi connectivity index (χ2v) is 13.7. The lowest BCUT2D eigenvalue weighted by Crippen LogP contribution is -2.36. The minimum absolute atomic E-state index is 0.129. The predicted molar refractivity (Wildman–Crippen MR) is 198 cm³/mol. The molecule has 0 fully saturated rings. The fourth-order valence-electron chi connectivity index (χ4n) is 7.64. The van der Waals surface area contributed by atoms with Gasteiger partial charge in [0.25, 0.3) is 0 Å². The Morgan fingerprint density at radius 3 is 2.33 bits per heavy atom. The zero-order chi connectivity index (χ0) is 33.2. The maximum atomic E-state index is 11.7. The second kappa shape index (κ2) is 13.7. The zero-order valence-electron chi connectivity index (χ0n) is 28.7. The van der Waals surface area contributed by atoms with Gasteiger partial charge in [0.1, 0.15) is 5.94 Å². The molecule has 5 rings (SSSR count). The quantitative estimate of drug-likeness (QED) is 0.128. The van der Waals surface area contributed by atoms with E-state index in [4.69, 9.17) is 5.73 Å². The van der Waals surface area contributed by atoms with Gasteiger partial charge in [-0.25, -0.2) is 4.79 Å². The lowest BCUT2D eigenvalue weighted by Gasteiger charge is -2.33. The summed E-state index contributed by atoms with van der Waals surface area (Å²) in [4.78, 5) is 11.7. The first kappa shape index (κ1) is 33.2. The van der Waals surface area contributed by atoms with Gasteiger partial charge < -0.3 is 10.3 Å². The molecule has 0 aliphatic heterocycles. The highest BCUT2D eigenvalue weighted by Crippen LogP contribution is 2.38. The Morgan fingerprint density at radius 2 is 1.67 bits per heavy atom. The van der Waals surface area contributed by atoms with Crippen molar-refractivity contribution in [3.05, 3.63) is 119 Å². The van der Waals surface area contributed by atoms with Gasteiger partial charge in [-0.2, -0.15) is 0 Å². The van der Waals surface area contributed by atoms with Gasteiger partial charge in [-0.3, -0.25) is 0 Å². The molecule has 2 N–H and O–H groups in total. The summed E-state index contributed by atoms with van der Waals surface area (Å²) in [5.41, 5.74) is 16.9. The lowest BCUT2D eigenvalue weighted by atomic mass is 9.75. The average Bonchev–Trinajstić information content (AvgIpc) is 3.23. The van der Waals surface area contributed by atoms with Crippen molar-refractivity contribution in [3.63, 3.8) is 0 Å². The maximum Gasteiger partial charge on any atom is 0.123 e. The summed E-state index contributed by atoms with van der Waals surface area (Å²) in [7, 11) is 0. The highest BCUT2D eigenvalue weighted by atomic mass is 16.1. The summed E-state index contributed by atoms with van der Waals surface area (Å²) in [6, 6.07) is 22.3. The van der Waals surface area contributed by atoms with Crippen LogP contribution in [0.15, 0.2) is 97.1 Å². The number of hydrogen-bond acceptors (Lipinski definition) is 2. The number of aromatic nitrogens is 1. The molecule has 1 aromatic heterocycles. The Balaban J connectivity index is 1.58. The van der Waals surface area contributed by atoms with Crippen LogP contribution in [0, 0.1) is 11.8 Å². The predicted octanol–water partition coefficient (Wildman–Crippen LogP) is 9.15. The van der Waals surface area contributed by atoms with Gasteiger partial charge in [-0.15, -0.1) is 6.58 Å². The van der Waals surface area contributed by atoms with Crippen molar-refractivity contribution in [2.24, 2.45) is 17.6 Å². The summed E-state index contributed by atoms with van der Waals surface area (Å²) >= 11 is 0. The molecule has 3 atom stereocenters. The van der Waals surface area contributed by atoms with E-state index >= 15 is 0 Å². The summed E-state index contributed by atoms with van der Waals surface area (Å²) in [5, 5.41) is 5.02. The molecule has 1 aliphatic carbocycles. The minimum atomic E-state index is -0.570. The summed E-state index contributed by atoms with van der Waals surface area (Å²) in [6.45, 7) is 22.3. The van der Waals surface area contributed by atoms with E-state index in [9.17, 15) is 4.79 Å². The van der Waals surface area contributed by atoms with E-state index in [1.807, 2.05) is 13.8 Å². The van der Waals surface area contributed by atoms with E-state index in [-0.39, 0.29) is 11.8 Å². The van der Waals surface area contributed by atoms with Crippen molar-refractivity contribution in [2.45, 2.75) is 85.7 Å². The third-order valence-electron chi connectivity index (χ3n) is 10.2. The maximum absolute atomic E-state index is 11.7. The minimum Gasteiger partial charge on any atom is -0.341 e. The van der Waals surface area contributed by atoms with Crippen LogP contribution in [0.3, 0.4) is 0 Å². The number of nitrogens with zero attached hydrogens (tertiary/aromatic N) is 1.